The Morgan fingerprint density at radius 1 is 1.10 bits per heavy atom. The first-order valence-corrected chi connectivity index (χ1v) is 14.9. The van der Waals surface area contributed by atoms with E-state index < -0.39 is 14.1 Å². The van der Waals surface area contributed by atoms with Crippen molar-refractivity contribution in [3.63, 3.8) is 0 Å². The monoisotopic (exact) mass is 583 g/mol. The SMILES string of the molecule is COC[PH](=O)Oc1ccc(NC(=O)C[C@@H]2N=C(c3ccc(Cl)cc3)c3c(sc(C)c3C)-n3c(C)nnc32)cc1. The quantitative estimate of drug-likeness (QED) is 0.244. The van der Waals surface area contributed by atoms with Gasteiger partial charge in [-0.1, -0.05) is 23.7 Å². The second kappa shape index (κ2) is 11.4. The van der Waals surface area contributed by atoms with E-state index >= 15 is 0 Å². The fourth-order valence-electron chi connectivity index (χ4n) is 4.41. The summed E-state index contributed by atoms with van der Waals surface area (Å²) in [5, 5.41) is 13.3. The van der Waals surface area contributed by atoms with Crippen molar-refractivity contribution in [2.24, 2.45) is 4.99 Å². The van der Waals surface area contributed by atoms with E-state index in [-0.39, 0.29) is 18.7 Å². The van der Waals surface area contributed by atoms with E-state index in [1.807, 2.05) is 35.8 Å². The fourth-order valence-corrected chi connectivity index (χ4v) is 6.44. The summed E-state index contributed by atoms with van der Waals surface area (Å²) in [7, 11) is -0.861. The molecule has 0 bridgehead atoms. The van der Waals surface area contributed by atoms with Crippen molar-refractivity contribution < 1.29 is 18.6 Å². The zero-order valence-corrected chi connectivity index (χ0v) is 24.4. The molecule has 0 saturated heterocycles. The van der Waals surface area contributed by atoms with Gasteiger partial charge in [-0.05, 0) is 62.7 Å². The van der Waals surface area contributed by atoms with Crippen molar-refractivity contribution in [3.05, 3.63) is 86.8 Å². The zero-order chi connectivity index (χ0) is 27.7. The summed E-state index contributed by atoms with van der Waals surface area (Å²) < 4.78 is 24.0. The van der Waals surface area contributed by atoms with Crippen LogP contribution in [0.1, 0.15) is 45.7 Å². The Balaban J connectivity index is 1.46. The van der Waals surface area contributed by atoms with E-state index in [1.54, 1.807) is 35.6 Å². The minimum atomic E-state index is -2.33. The molecule has 12 heteroatoms. The number of anilines is 1. The molecule has 3 heterocycles. The molecule has 1 N–H and O–H groups in total. The number of nitrogens with one attached hydrogen (secondary N) is 1. The number of methoxy groups -OCH3 is 1. The van der Waals surface area contributed by atoms with Gasteiger partial charge in [-0.25, -0.2) is 0 Å². The van der Waals surface area contributed by atoms with Gasteiger partial charge < -0.3 is 14.6 Å². The average molecular weight is 584 g/mol. The first kappa shape index (κ1) is 27.3. The molecule has 2 atom stereocenters. The largest absolute Gasteiger partial charge is 0.443 e. The van der Waals surface area contributed by atoms with E-state index in [1.165, 1.54) is 12.0 Å². The van der Waals surface area contributed by atoms with Gasteiger partial charge >= 0.3 is 0 Å². The Morgan fingerprint density at radius 2 is 1.82 bits per heavy atom. The Morgan fingerprint density at radius 3 is 2.51 bits per heavy atom. The lowest BCUT2D eigenvalue weighted by atomic mass is 9.99. The predicted molar refractivity (Wildman–Crippen MR) is 154 cm³/mol. The summed E-state index contributed by atoms with van der Waals surface area (Å²) in [5.41, 5.74) is 4.42. The van der Waals surface area contributed by atoms with Crippen molar-refractivity contribution in [1.82, 2.24) is 14.8 Å². The normalized spacial score (nSPS) is 15.1. The molecular formula is C27H27ClN5O4PS. The Bertz CT molecular complexity index is 1580. The molecule has 5 rings (SSSR count). The second-order valence-corrected chi connectivity index (χ2v) is 12.0. The summed E-state index contributed by atoms with van der Waals surface area (Å²) in [6, 6.07) is 13.7. The number of aromatic nitrogens is 3. The van der Waals surface area contributed by atoms with Crippen LogP contribution in [0.3, 0.4) is 0 Å². The van der Waals surface area contributed by atoms with Crippen LogP contribution in [0.25, 0.3) is 5.00 Å². The maximum absolute atomic E-state index is 13.2. The first-order chi connectivity index (χ1) is 18.7. The van der Waals surface area contributed by atoms with Crippen molar-refractivity contribution in [1.29, 1.82) is 0 Å². The van der Waals surface area contributed by atoms with Gasteiger partial charge in [0.1, 0.15) is 29.0 Å². The molecule has 0 aliphatic carbocycles. The van der Waals surface area contributed by atoms with Crippen LogP contribution in [-0.2, 0) is 14.1 Å². The molecule has 0 fully saturated rings. The van der Waals surface area contributed by atoms with Gasteiger partial charge in [0.15, 0.2) is 5.82 Å². The number of ether oxygens (including phenoxy) is 1. The molecule has 0 spiro atoms. The summed E-state index contributed by atoms with van der Waals surface area (Å²) in [6.07, 6.45) is 0.0980. The van der Waals surface area contributed by atoms with Gasteiger partial charge in [0.2, 0.25) is 5.91 Å². The highest BCUT2D eigenvalue weighted by molar-refractivity contribution is 7.39. The number of rotatable bonds is 8. The number of hydrogen-bond donors (Lipinski definition) is 1. The molecule has 1 amide bonds. The predicted octanol–water partition coefficient (Wildman–Crippen LogP) is 6.29. The average Bonchev–Trinajstić information content (AvgIpc) is 3.38. The molecule has 1 aliphatic rings. The van der Waals surface area contributed by atoms with Crippen LogP contribution in [0.5, 0.6) is 5.75 Å². The number of fused-ring (bicyclic) bond motifs is 3. The number of amides is 1. The second-order valence-electron chi connectivity index (χ2n) is 9.09. The summed E-state index contributed by atoms with van der Waals surface area (Å²) in [6.45, 7) is 6.08. The van der Waals surface area contributed by atoms with Crippen LogP contribution in [0.2, 0.25) is 5.02 Å². The van der Waals surface area contributed by atoms with E-state index in [2.05, 4.69) is 29.4 Å². The van der Waals surface area contributed by atoms with Crippen LogP contribution in [0.4, 0.5) is 5.69 Å². The number of aliphatic imine (C=N–C) groups is 1. The maximum atomic E-state index is 13.2. The third-order valence-corrected chi connectivity index (χ3v) is 8.80. The smallest absolute Gasteiger partial charge is 0.261 e. The summed E-state index contributed by atoms with van der Waals surface area (Å²) >= 11 is 7.84. The van der Waals surface area contributed by atoms with Crippen LogP contribution in [0.15, 0.2) is 53.5 Å². The molecule has 0 radical (unpaired) electrons. The number of nitrogens with zero attached hydrogens (tertiary/aromatic N) is 4. The number of carbonyl (C=O) groups is 1. The third-order valence-electron chi connectivity index (χ3n) is 6.37. The molecule has 202 valence electrons. The molecule has 1 aliphatic heterocycles. The number of aryl methyl sites for hydroxylation is 2. The van der Waals surface area contributed by atoms with Crippen LogP contribution < -0.4 is 9.84 Å². The highest BCUT2D eigenvalue weighted by atomic mass is 35.5. The van der Waals surface area contributed by atoms with Crippen molar-refractivity contribution in [3.8, 4) is 10.8 Å². The van der Waals surface area contributed by atoms with Crippen LogP contribution >= 0.6 is 31.0 Å². The number of hydrogen-bond acceptors (Lipinski definition) is 8. The molecule has 2 aromatic carbocycles. The zero-order valence-electron chi connectivity index (χ0n) is 21.8. The number of benzene rings is 2. The van der Waals surface area contributed by atoms with Gasteiger partial charge in [-0.2, -0.15) is 0 Å². The molecule has 4 aromatic rings. The standard InChI is InChI=1S/C27H27ClN5O4PS/c1-15-16(2)39-27-24(15)25(18-5-7-19(28)8-6-18)30-22(26-32-31-17(3)33(26)27)13-23(34)29-20-9-11-21(12-10-20)37-38(35)14-36-4/h5-12,22,38H,13-14H2,1-4H3,(H,29,34)/t22-/m0/s1. The van der Waals surface area contributed by atoms with Crippen molar-refractivity contribution >= 4 is 48.3 Å². The minimum Gasteiger partial charge on any atom is -0.443 e. The van der Waals surface area contributed by atoms with E-state index in [4.69, 9.17) is 25.9 Å². The third kappa shape index (κ3) is 5.70. The van der Waals surface area contributed by atoms with Crippen LogP contribution in [-0.4, -0.2) is 39.8 Å². The highest BCUT2D eigenvalue weighted by Crippen LogP contribution is 2.39. The van der Waals surface area contributed by atoms with Crippen molar-refractivity contribution in [2.45, 2.75) is 33.2 Å². The lowest BCUT2D eigenvalue weighted by molar-refractivity contribution is -0.116. The molecule has 0 saturated carbocycles. The maximum Gasteiger partial charge on any atom is 0.261 e. The van der Waals surface area contributed by atoms with Gasteiger partial charge in [0, 0.05) is 33.8 Å². The fraction of sp³-hybridized carbons (Fsp3) is 0.259. The Kier molecular flexibility index (Phi) is 8.00. The van der Waals surface area contributed by atoms with E-state index in [9.17, 15) is 9.36 Å². The highest BCUT2D eigenvalue weighted by Gasteiger charge is 2.32. The van der Waals surface area contributed by atoms with Gasteiger partial charge in [-0.3, -0.25) is 18.9 Å². The first-order valence-electron chi connectivity index (χ1n) is 12.2. The number of halogens is 1. The van der Waals surface area contributed by atoms with Crippen molar-refractivity contribution in [2.75, 3.05) is 18.8 Å². The minimum absolute atomic E-state index is 0.0405. The summed E-state index contributed by atoms with van der Waals surface area (Å²) in [5.74, 6) is 1.55. The number of carbonyl (C=O) groups excluding carboxylic acids is 1. The Hall–Kier alpha value is -3.30. The van der Waals surface area contributed by atoms with E-state index in [0.29, 0.717) is 22.3 Å². The molecule has 1 unspecified atom stereocenters. The molecular weight excluding hydrogens is 557 g/mol. The van der Waals surface area contributed by atoms with Gasteiger partial charge in [0.25, 0.3) is 8.03 Å². The molecule has 39 heavy (non-hydrogen) atoms. The van der Waals surface area contributed by atoms with E-state index in [0.717, 1.165) is 33.2 Å². The number of thiophene rings is 1. The molecule has 2 aromatic heterocycles. The lowest BCUT2D eigenvalue weighted by Crippen LogP contribution is -2.17. The molecule has 9 nitrogen and oxygen atoms in total. The lowest BCUT2D eigenvalue weighted by Gasteiger charge is -2.13. The topological polar surface area (TPSA) is 108 Å². The van der Waals surface area contributed by atoms with Crippen LogP contribution in [0, 0.1) is 20.8 Å². The van der Waals surface area contributed by atoms with Gasteiger partial charge in [-0.15, -0.1) is 21.5 Å². The Labute approximate surface area is 235 Å². The van der Waals surface area contributed by atoms with Gasteiger partial charge in [0.05, 0.1) is 12.1 Å². The summed E-state index contributed by atoms with van der Waals surface area (Å²) in [4.78, 5) is 19.5.